The van der Waals surface area contributed by atoms with Crippen LogP contribution < -0.4 is 10.1 Å². The van der Waals surface area contributed by atoms with E-state index in [0.29, 0.717) is 17.3 Å². The number of aliphatic hydroxyl groups is 1. The predicted molar refractivity (Wildman–Crippen MR) is 73.4 cm³/mol. The molecule has 0 aromatic heterocycles. The van der Waals surface area contributed by atoms with Crippen LogP contribution in [0.4, 0.5) is 0 Å². The molecule has 1 fully saturated rings. The molecule has 0 radical (unpaired) electrons. The van der Waals surface area contributed by atoms with Crippen LogP contribution >= 0.6 is 11.6 Å². The van der Waals surface area contributed by atoms with Crippen LogP contribution in [0, 0.1) is 0 Å². The molecule has 2 N–H and O–H groups in total. The van der Waals surface area contributed by atoms with Crippen molar-refractivity contribution in [3.05, 3.63) is 29.3 Å². The van der Waals surface area contributed by atoms with Crippen LogP contribution in [0.3, 0.4) is 0 Å². The lowest BCUT2D eigenvalue weighted by molar-refractivity contribution is -0.124. The molecule has 0 bridgehead atoms. The zero-order chi connectivity index (χ0) is 13.7. The average Bonchev–Trinajstić information content (AvgIpc) is 2.36. The zero-order valence-corrected chi connectivity index (χ0v) is 11.4. The van der Waals surface area contributed by atoms with E-state index in [0.717, 1.165) is 19.3 Å². The highest BCUT2D eigenvalue weighted by atomic mass is 35.5. The molecular weight excluding hydrogens is 266 g/mol. The Balaban J connectivity index is 1.65. The molecular formula is C14H18ClNO3. The topological polar surface area (TPSA) is 58.6 Å². The smallest absolute Gasteiger partial charge is 0.223 e. The van der Waals surface area contributed by atoms with Gasteiger partial charge in [0.15, 0.2) is 0 Å². The third-order valence-corrected chi connectivity index (χ3v) is 3.63. The molecule has 1 aliphatic carbocycles. The number of benzene rings is 1. The van der Waals surface area contributed by atoms with Gasteiger partial charge < -0.3 is 15.2 Å². The Labute approximate surface area is 117 Å². The van der Waals surface area contributed by atoms with Crippen LogP contribution in [0.5, 0.6) is 5.75 Å². The van der Waals surface area contributed by atoms with E-state index in [1.807, 2.05) is 12.1 Å². The van der Waals surface area contributed by atoms with Gasteiger partial charge in [-0.05, 0) is 31.4 Å². The molecule has 5 heteroatoms. The largest absolute Gasteiger partial charge is 0.491 e. The van der Waals surface area contributed by atoms with Crippen LogP contribution in [-0.2, 0) is 4.79 Å². The number of rotatable bonds is 6. The summed E-state index contributed by atoms with van der Waals surface area (Å²) in [6.07, 6.45) is 2.82. The summed E-state index contributed by atoms with van der Waals surface area (Å²) in [7, 11) is 0. The molecule has 1 saturated carbocycles. The second-order valence-electron chi connectivity index (χ2n) is 4.88. The lowest BCUT2D eigenvalue weighted by atomic mass is 9.80. The maximum absolute atomic E-state index is 11.6. The number of carbonyl (C=O) groups excluding carboxylic acids is 1. The van der Waals surface area contributed by atoms with Gasteiger partial charge in [0.05, 0.1) is 23.7 Å². The van der Waals surface area contributed by atoms with E-state index in [-0.39, 0.29) is 18.9 Å². The van der Waals surface area contributed by atoms with Crippen LogP contribution in [0.25, 0.3) is 0 Å². The van der Waals surface area contributed by atoms with Gasteiger partial charge in [0.1, 0.15) is 5.75 Å². The summed E-state index contributed by atoms with van der Waals surface area (Å²) in [4.78, 5) is 11.6. The lowest BCUT2D eigenvalue weighted by Crippen LogP contribution is -2.47. The molecule has 2 rings (SSSR count). The fourth-order valence-electron chi connectivity index (χ4n) is 1.93. The van der Waals surface area contributed by atoms with Gasteiger partial charge in [-0.15, -0.1) is 0 Å². The molecule has 19 heavy (non-hydrogen) atoms. The normalized spacial score (nSPS) is 16.5. The third kappa shape index (κ3) is 4.11. The minimum Gasteiger partial charge on any atom is -0.491 e. The summed E-state index contributed by atoms with van der Waals surface area (Å²) in [5.41, 5.74) is -0.681. The first kappa shape index (κ1) is 14.2. The molecule has 0 heterocycles. The van der Waals surface area contributed by atoms with Gasteiger partial charge in [-0.3, -0.25) is 4.79 Å². The molecule has 104 valence electrons. The Kier molecular flexibility index (Phi) is 4.66. The number of ether oxygens (including phenoxy) is 1. The van der Waals surface area contributed by atoms with Crippen LogP contribution in [-0.4, -0.2) is 29.8 Å². The van der Waals surface area contributed by atoms with Crippen molar-refractivity contribution in [2.75, 3.05) is 13.2 Å². The van der Waals surface area contributed by atoms with E-state index < -0.39 is 5.60 Å². The Hall–Kier alpha value is -1.26. The van der Waals surface area contributed by atoms with Crippen molar-refractivity contribution in [1.29, 1.82) is 0 Å². The molecule has 1 aliphatic rings. The average molecular weight is 284 g/mol. The molecule has 4 nitrogen and oxygen atoms in total. The van der Waals surface area contributed by atoms with Crippen LogP contribution in [0.2, 0.25) is 5.02 Å². The number of hydrogen-bond donors (Lipinski definition) is 2. The number of hydrogen-bond acceptors (Lipinski definition) is 3. The monoisotopic (exact) mass is 283 g/mol. The summed E-state index contributed by atoms with van der Waals surface area (Å²) in [6, 6.07) is 7.15. The second kappa shape index (κ2) is 6.26. The van der Waals surface area contributed by atoms with Crippen molar-refractivity contribution in [1.82, 2.24) is 5.32 Å². The van der Waals surface area contributed by atoms with E-state index in [1.165, 1.54) is 0 Å². The van der Waals surface area contributed by atoms with E-state index in [4.69, 9.17) is 16.3 Å². The Bertz CT molecular complexity index is 446. The number of halogens is 1. The molecule has 0 unspecified atom stereocenters. The Morgan fingerprint density at radius 1 is 1.42 bits per heavy atom. The van der Waals surface area contributed by atoms with Crippen LogP contribution in [0.15, 0.2) is 24.3 Å². The summed E-state index contributed by atoms with van der Waals surface area (Å²) in [6.45, 7) is 0.603. The van der Waals surface area contributed by atoms with Crippen molar-refractivity contribution in [3.8, 4) is 5.75 Å². The minimum absolute atomic E-state index is 0.118. The number of nitrogens with one attached hydrogen (secondary N) is 1. The molecule has 1 aromatic rings. The highest BCUT2D eigenvalue weighted by Crippen LogP contribution is 2.30. The van der Waals surface area contributed by atoms with Gasteiger partial charge in [-0.25, -0.2) is 0 Å². The molecule has 0 aliphatic heterocycles. The summed E-state index contributed by atoms with van der Waals surface area (Å²) in [5.74, 6) is 0.460. The Morgan fingerprint density at radius 3 is 2.79 bits per heavy atom. The second-order valence-corrected chi connectivity index (χ2v) is 5.29. The summed E-state index contributed by atoms with van der Waals surface area (Å²) >= 11 is 5.93. The summed E-state index contributed by atoms with van der Waals surface area (Å²) < 4.78 is 5.42. The van der Waals surface area contributed by atoms with E-state index in [1.54, 1.807) is 12.1 Å². The number of amides is 1. The third-order valence-electron chi connectivity index (χ3n) is 3.32. The van der Waals surface area contributed by atoms with E-state index in [9.17, 15) is 9.90 Å². The van der Waals surface area contributed by atoms with Gasteiger partial charge >= 0.3 is 0 Å². The molecule has 0 saturated heterocycles. The van der Waals surface area contributed by atoms with Crippen molar-refractivity contribution in [2.24, 2.45) is 0 Å². The Morgan fingerprint density at radius 2 is 2.16 bits per heavy atom. The SMILES string of the molecule is O=C(CCOc1ccccc1Cl)NCC1(O)CCC1. The fourth-order valence-corrected chi connectivity index (χ4v) is 2.12. The minimum atomic E-state index is -0.681. The molecule has 0 atom stereocenters. The molecule has 0 spiro atoms. The van der Waals surface area contributed by atoms with Crippen molar-refractivity contribution < 1.29 is 14.6 Å². The van der Waals surface area contributed by atoms with E-state index in [2.05, 4.69) is 5.32 Å². The predicted octanol–water partition coefficient (Wildman–Crippen LogP) is 2.14. The number of para-hydroxylation sites is 1. The lowest BCUT2D eigenvalue weighted by Gasteiger charge is -2.36. The maximum atomic E-state index is 11.6. The maximum Gasteiger partial charge on any atom is 0.223 e. The van der Waals surface area contributed by atoms with Gasteiger partial charge in [0, 0.05) is 6.54 Å². The van der Waals surface area contributed by atoms with E-state index >= 15 is 0 Å². The first-order valence-electron chi connectivity index (χ1n) is 6.45. The zero-order valence-electron chi connectivity index (χ0n) is 10.7. The number of carbonyl (C=O) groups is 1. The van der Waals surface area contributed by atoms with Gasteiger partial charge in [-0.2, -0.15) is 0 Å². The van der Waals surface area contributed by atoms with Crippen molar-refractivity contribution in [3.63, 3.8) is 0 Å². The highest BCUT2D eigenvalue weighted by Gasteiger charge is 2.34. The van der Waals surface area contributed by atoms with Gasteiger partial charge in [-0.1, -0.05) is 23.7 Å². The first-order chi connectivity index (χ1) is 9.09. The van der Waals surface area contributed by atoms with Crippen molar-refractivity contribution in [2.45, 2.75) is 31.3 Å². The van der Waals surface area contributed by atoms with Gasteiger partial charge in [0.25, 0.3) is 0 Å². The van der Waals surface area contributed by atoms with Crippen LogP contribution in [0.1, 0.15) is 25.7 Å². The standard InChI is InChI=1S/C14H18ClNO3/c15-11-4-1-2-5-12(11)19-9-6-13(17)16-10-14(18)7-3-8-14/h1-2,4-5,18H,3,6-10H2,(H,16,17). The highest BCUT2D eigenvalue weighted by molar-refractivity contribution is 6.32. The van der Waals surface area contributed by atoms with Crippen molar-refractivity contribution >= 4 is 17.5 Å². The fraction of sp³-hybridized carbons (Fsp3) is 0.500. The quantitative estimate of drug-likeness (QED) is 0.841. The first-order valence-corrected chi connectivity index (χ1v) is 6.83. The molecule has 1 aromatic carbocycles. The van der Waals surface area contributed by atoms with Gasteiger partial charge in [0.2, 0.25) is 5.91 Å². The summed E-state index contributed by atoms with van der Waals surface area (Å²) in [5, 5.41) is 13.1. The molecule has 1 amide bonds.